The Kier molecular flexibility index (Phi) is 6.65. The first kappa shape index (κ1) is 18.0. The molecule has 3 N–H and O–H groups in total. The molecule has 0 aromatic carbocycles. The fraction of sp³-hybridized carbons (Fsp3) is 0.875. The number of carboxylic acids is 1. The summed E-state index contributed by atoms with van der Waals surface area (Å²) in [5.74, 6) is -0.0469. The summed E-state index contributed by atoms with van der Waals surface area (Å²) in [5.41, 5.74) is -0.260. The summed E-state index contributed by atoms with van der Waals surface area (Å²) < 4.78 is 0. The lowest BCUT2D eigenvalue weighted by Gasteiger charge is -2.32. The van der Waals surface area contributed by atoms with Crippen molar-refractivity contribution in [3.8, 4) is 0 Å². The summed E-state index contributed by atoms with van der Waals surface area (Å²) in [5, 5.41) is 15.3. The van der Waals surface area contributed by atoms with E-state index < -0.39 is 5.97 Å². The second-order valence-electron chi connectivity index (χ2n) is 7.37. The number of carbonyl (C=O) groups is 2. The van der Waals surface area contributed by atoms with Crippen LogP contribution in [0.15, 0.2) is 0 Å². The van der Waals surface area contributed by atoms with Crippen LogP contribution < -0.4 is 10.6 Å². The molecule has 122 valence electrons. The molecule has 1 fully saturated rings. The first-order valence-electron chi connectivity index (χ1n) is 7.92. The van der Waals surface area contributed by atoms with Crippen LogP contribution in [0.25, 0.3) is 0 Å². The monoisotopic (exact) mass is 298 g/mol. The molecule has 0 aromatic rings. The van der Waals surface area contributed by atoms with E-state index in [9.17, 15) is 9.59 Å². The van der Waals surface area contributed by atoms with E-state index >= 15 is 0 Å². The molecule has 1 aliphatic heterocycles. The van der Waals surface area contributed by atoms with Gasteiger partial charge in [-0.05, 0) is 43.2 Å². The van der Waals surface area contributed by atoms with E-state index in [1.165, 1.54) is 12.8 Å². The van der Waals surface area contributed by atoms with Crippen LogP contribution in [-0.4, -0.2) is 36.1 Å². The van der Waals surface area contributed by atoms with Crippen molar-refractivity contribution in [1.82, 2.24) is 10.6 Å². The largest absolute Gasteiger partial charge is 0.481 e. The molecule has 1 heterocycles. The Labute approximate surface area is 127 Å². The van der Waals surface area contributed by atoms with Gasteiger partial charge in [-0.3, -0.25) is 9.59 Å². The van der Waals surface area contributed by atoms with Gasteiger partial charge >= 0.3 is 5.97 Å². The maximum Gasteiger partial charge on any atom is 0.305 e. The van der Waals surface area contributed by atoms with Crippen LogP contribution in [0.5, 0.6) is 0 Å². The maximum atomic E-state index is 12.2. The van der Waals surface area contributed by atoms with E-state index in [4.69, 9.17) is 5.11 Å². The summed E-state index contributed by atoms with van der Waals surface area (Å²) in [6, 6.07) is -0.334. The van der Waals surface area contributed by atoms with E-state index in [2.05, 4.69) is 17.6 Å². The van der Waals surface area contributed by atoms with Crippen LogP contribution in [0.3, 0.4) is 0 Å². The summed E-state index contributed by atoms with van der Waals surface area (Å²) in [4.78, 5) is 23.2. The second kappa shape index (κ2) is 7.78. The lowest BCUT2D eigenvalue weighted by Crippen LogP contribution is -2.46. The number of piperidine rings is 1. The molecule has 5 nitrogen and oxygen atoms in total. The fourth-order valence-electron chi connectivity index (χ4n) is 2.83. The molecule has 0 aliphatic carbocycles. The first-order chi connectivity index (χ1) is 9.70. The van der Waals surface area contributed by atoms with Crippen molar-refractivity contribution in [2.75, 3.05) is 13.1 Å². The van der Waals surface area contributed by atoms with E-state index in [1.807, 2.05) is 20.8 Å². The SMILES string of the molecule is CC(CC(=O)NC(CC(=O)O)C(C)(C)C)C1CCCNC1. The van der Waals surface area contributed by atoms with E-state index in [0.717, 1.165) is 13.1 Å². The van der Waals surface area contributed by atoms with Gasteiger partial charge in [-0.15, -0.1) is 0 Å². The Hall–Kier alpha value is -1.10. The van der Waals surface area contributed by atoms with Crippen LogP contribution in [0.4, 0.5) is 0 Å². The van der Waals surface area contributed by atoms with Gasteiger partial charge in [0, 0.05) is 12.5 Å². The Balaban J connectivity index is 2.50. The zero-order valence-corrected chi connectivity index (χ0v) is 13.7. The average molecular weight is 298 g/mol. The van der Waals surface area contributed by atoms with Gasteiger partial charge in [0.2, 0.25) is 5.91 Å². The molecule has 0 bridgehead atoms. The van der Waals surface area contributed by atoms with Crippen molar-refractivity contribution in [2.24, 2.45) is 17.3 Å². The van der Waals surface area contributed by atoms with Crippen molar-refractivity contribution >= 4 is 11.9 Å². The molecule has 21 heavy (non-hydrogen) atoms. The molecule has 0 spiro atoms. The quantitative estimate of drug-likeness (QED) is 0.701. The third-order valence-corrected chi connectivity index (χ3v) is 4.41. The molecule has 1 amide bonds. The number of carboxylic acid groups (broad SMARTS) is 1. The number of nitrogens with one attached hydrogen (secondary N) is 2. The Bertz CT molecular complexity index is 357. The van der Waals surface area contributed by atoms with Crippen molar-refractivity contribution in [3.63, 3.8) is 0 Å². The summed E-state index contributed by atoms with van der Waals surface area (Å²) in [6.07, 6.45) is 2.77. The fourth-order valence-corrected chi connectivity index (χ4v) is 2.83. The first-order valence-corrected chi connectivity index (χ1v) is 7.92. The van der Waals surface area contributed by atoms with Crippen LogP contribution in [0.2, 0.25) is 0 Å². The third kappa shape index (κ3) is 6.46. The molecule has 0 saturated carbocycles. The lowest BCUT2D eigenvalue weighted by molar-refractivity contribution is -0.138. The average Bonchev–Trinajstić information content (AvgIpc) is 2.37. The van der Waals surface area contributed by atoms with Gasteiger partial charge in [-0.2, -0.15) is 0 Å². The molecule has 0 radical (unpaired) electrons. The number of amides is 1. The summed E-state index contributed by atoms with van der Waals surface area (Å²) in [7, 11) is 0. The Morgan fingerprint density at radius 2 is 2.00 bits per heavy atom. The van der Waals surface area contributed by atoms with Crippen LogP contribution >= 0.6 is 0 Å². The van der Waals surface area contributed by atoms with Crippen LogP contribution in [0.1, 0.15) is 53.4 Å². The molecule has 1 rings (SSSR count). The van der Waals surface area contributed by atoms with Crippen molar-refractivity contribution in [1.29, 1.82) is 0 Å². The van der Waals surface area contributed by atoms with Gasteiger partial charge in [0.05, 0.1) is 6.42 Å². The normalized spacial score (nSPS) is 22.4. The molecular formula is C16H30N2O3. The molecule has 5 heteroatoms. The highest BCUT2D eigenvalue weighted by Crippen LogP contribution is 2.24. The topological polar surface area (TPSA) is 78.4 Å². The second-order valence-corrected chi connectivity index (χ2v) is 7.37. The van der Waals surface area contributed by atoms with Gasteiger partial charge in [0.15, 0.2) is 0 Å². The Morgan fingerprint density at radius 1 is 1.33 bits per heavy atom. The minimum Gasteiger partial charge on any atom is -0.481 e. The van der Waals surface area contributed by atoms with Crippen LogP contribution in [-0.2, 0) is 9.59 Å². The van der Waals surface area contributed by atoms with Crippen molar-refractivity contribution < 1.29 is 14.7 Å². The van der Waals surface area contributed by atoms with Crippen LogP contribution in [0, 0.1) is 17.3 Å². The lowest BCUT2D eigenvalue weighted by atomic mass is 9.83. The van der Waals surface area contributed by atoms with Crippen molar-refractivity contribution in [2.45, 2.75) is 59.4 Å². The van der Waals surface area contributed by atoms with Gasteiger partial charge in [-0.1, -0.05) is 27.7 Å². The number of hydrogen-bond acceptors (Lipinski definition) is 3. The zero-order valence-electron chi connectivity index (χ0n) is 13.7. The highest BCUT2D eigenvalue weighted by molar-refractivity contribution is 5.77. The summed E-state index contributed by atoms with van der Waals surface area (Å²) >= 11 is 0. The minimum absolute atomic E-state index is 0.0331. The van der Waals surface area contributed by atoms with E-state index in [-0.39, 0.29) is 23.8 Å². The number of hydrogen-bond donors (Lipinski definition) is 3. The van der Waals surface area contributed by atoms with Gasteiger partial charge in [-0.25, -0.2) is 0 Å². The molecule has 1 saturated heterocycles. The summed E-state index contributed by atoms with van der Waals surface area (Å²) in [6.45, 7) is 10.0. The van der Waals surface area contributed by atoms with Gasteiger partial charge in [0.1, 0.15) is 0 Å². The zero-order chi connectivity index (χ0) is 16.0. The molecular weight excluding hydrogens is 268 g/mol. The third-order valence-electron chi connectivity index (χ3n) is 4.41. The number of aliphatic carboxylic acids is 1. The maximum absolute atomic E-state index is 12.2. The smallest absolute Gasteiger partial charge is 0.305 e. The van der Waals surface area contributed by atoms with E-state index in [1.54, 1.807) is 0 Å². The molecule has 3 atom stereocenters. The number of rotatable bonds is 6. The van der Waals surface area contributed by atoms with Gasteiger partial charge in [0.25, 0.3) is 0 Å². The molecule has 0 aromatic heterocycles. The minimum atomic E-state index is -0.875. The van der Waals surface area contributed by atoms with Gasteiger partial charge < -0.3 is 15.7 Å². The molecule has 1 aliphatic rings. The predicted octanol–water partition coefficient (Wildman–Crippen LogP) is 2.02. The highest BCUT2D eigenvalue weighted by Gasteiger charge is 2.29. The van der Waals surface area contributed by atoms with Crippen molar-refractivity contribution in [3.05, 3.63) is 0 Å². The Morgan fingerprint density at radius 3 is 2.48 bits per heavy atom. The predicted molar refractivity (Wildman–Crippen MR) is 83.0 cm³/mol. The van der Waals surface area contributed by atoms with E-state index in [0.29, 0.717) is 18.3 Å². The molecule has 3 unspecified atom stereocenters. The standard InChI is InChI=1S/C16H30N2O3/c1-11(12-6-5-7-17-10-12)8-14(19)18-13(9-15(20)21)16(2,3)4/h11-13,17H,5-10H2,1-4H3,(H,18,19)(H,20,21). The highest BCUT2D eigenvalue weighted by atomic mass is 16.4. The number of carbonyl (C=O) groups excluding carboxylic acids is 1.